The summed E-state index contributed by atoms with van der Waals surface area (Å²) in [4.78, 5) is 12.2. The number of hydrogen-bond acceptors (Lipinski definition) is 3. The van der Waals surface area contributed by atoms with E-state index in [-0.39, 0.29) is 29.8 Å². The van der Waals surface area contributed by atoms with E-state index in [4.69, 9.17) is 4.42 Å². The van der Waals surface area contributed by atoms with Crippen molar-refractivity contribution in [2.24, 2.45) is 4.99 Å². The van der Waals surface area contributed by atoms with E-state index in [0.29, 0.717) is 24.9 Å². The average Bonchev–Trinajstić information content (AvgIpc) is 3.40. The fraction of sp³-hybridized carbons (Fsp3) is 0.217. The summed E-state index contributed by atoms with van der Waals surface area (Å²) in [5, 5.41) is 7.61. The summed E-state index contributed by atoms with van der Waals surface area (Å²) in [5.74, 6) is 1.07. The van der Waals surface area contributed by atoms with Gasteiger partial charge in [-0.1, -0.05) is 18.2 Å². The minimum Gasteiger partial charge on any atom is -0.444 e. The van der Waals surface area contributed by atoms with Crippen LogP contribution < -0.4 is 10.6 Å². The standard InChI is InChI=1S/C23H24FN5O.HI/c1-2-25-23(26-11-10-17-13-27-21-12-18(24)8-9-20(17)21)28-14-19-15-30-22(29-19)16-6-4-3-5-7-16;/h3-9,12-13,15,27H,2,10-11,14H2,1H3,(H2,25,26,28);1H. The zero-order valence-corrected chi connectivity index (χ0v) is 19.5. The Labute approximate surface area is 197 Å². The molecule has 0 aliphatic rings. The highest BCUT2D eigenvalue weighted by atomic mass is 127. The summed E-state index contributed by atoms with van der Waals surface area (Å²) in [7, 11) is 0. The van der Waals surface area contributed by atoms with E-state index in [0.717, 1.165) is 40.7 Å². The number of aromatic nitrogens is 2. The number of guanidine groups is 1. The first-order chi connectivity index (χ1) is 14.7. The summed E-state index contributed by atoms with van der Waals surface area (Å²) in [6, 6.07) is 14.6. The third kappa shape index (κ3) is 5.84. The quantitative estimate of drug-likeness (QED) is 0.180. The van der Waals surface area contributed by atoms with Crippen LogP contribution in [0, 0.1) is 5.82 Å². The highest BCUT2D eigenvalue weighted by Crippen LogP contribution is 2.20. The molecule has 2 aromatic heterocycles. The van der Waals surface area contributed by atoms with Gasteiger partial charge in [0, 0.05) is 35.8 Å². The summed E-state index contributed by atoms with van der Waals surface area (Å²) in [5.41, 5.74) is 3.66. The molecule has 31 heavy (non-hydrogen) atoms. The van der Waals surface area contributed by atoms with Gasteiger partial charge in [0.05, 0.1) is 6.54 Å². The molecule has 4 rings (SSSR count). The highest BCUT2D eigenvalue weighted by molar-refractivity contribution is 14.0. The summed E-state index contributed by atoms with van der Waals surface area (Å²) in [6.45, 7) is 3.89. The first kappa shape index (κ1) is 22.8. The van der Waals surface area contributed by atoms with Crippen LogP contribution in [0.4, 0.5) is 4.39 Å². The Kier molecular flexibility index (Phi) is 8.05. The van der Waals surface area contributed by atoms with Gasteiger partial charge in [0.1, 0.15) is 17.8 Å². The second-order valence-corrected chi connectivity index (χ2v) is 6.89. The van der Waals surface area contributed by atoms with Crippen molar-refractivity contribution >= 4 is 40.8 Å². The van der Waals surface area contributed by atoms with Crippen molar-refractivity contribution in [3.05, 3.63) is 78.1 Å². The lowest BCUT2D eigenvalue weighted by Crippen LogP contribution is -2.38. The second-order valence-electron chi connectivity index (χ2n) is 6.89. The van der Waals surface area contributed by atoms with E-state index in [1.165, 1.54) is 12.1 Å². The molecule has 0 aliphatic heterocycles. The number of hydrogen-bond donors (Lipinski definition) is 3. The second kappa shape index (κ2) is 10.9. The molecule has 0 aliphatic carbocycles. The van der Waals surface area contributed by atoms with Gasteiger partial charge in [-0.15, -0.1) is 24.0 Å². The van der Waals surface area contributed by atoms with Crippen molar-refractivity contribution in [2.75, 3.05) is 13.1 Å². The van der Waals surface area contributed by atoms with Crippen LogP contribution >= 0.6 is 24.0 Å². The Bertz CT molecular complexity index is 1140. The first-order valence-corrected chi connectivity index (χ1v) is 10.0. The maximum Gasteiger partial charge on any atom is 0.226 e. The van der Waals surface area contributed by atoms with Crippen LogP contribution in [0.15, 0.2) is 70.4 Å². The predicted molar refractivity (Wildman–Crippen MR) is 132 cm³/mol. The number of aliphatic imine (C=N–C) groups is 1. The van der Waals surface area contributed by atoms with Crippen LogP contribution in [-0.2, 0) is 13.0 Å². The zero-order valence-electron chi connectivity index (χ0n) is 17.2. The number of fused-ring (bicyclic) bond motifs is 1. The predicted octanol–water partition coefficient (Wildman–Crippen LogP) is 4.88. The molecule has 0 unspecified atom stereocenters. The molecule has 4 aromatic rings. The molecule has 6 nitrogen and oxygen atoms in total. The molecule has 0 saturated carbocycles. The van der Waals surface area contributed by atoms with Crippen molar-refractivity contribution in [3.8, 4) is 11.5 Å². The minimum atomic E-state index is -0.237. The van der Waals surface area contributed by atoms with Gasteiger partial charge in [0.2, 0.25) is 5.89 Å². The third-order valence-corrected chi connectivity index (χ3v) is 4.73. The van der Waals surface area contributed by atoms with Gasteiger partial charge in [-0.05, 0) is 49.2 Å². The van der Waals surface area contributed by atoms with Crippen LogP contribution in [0.3, 0.4) is 0 Å². The smallest absolute Gasteiger partial charge is 0.226 e. The number of benzene rings is 2. The Balaban J connectivity index is 0.00000272. The Morgan fingerprint density at radius 1 is 1.16 bits per heavy atom. The molecule has 2 aromatic carbocycles. The number of H-pyrrole nitrogens is 1. The van der Waals surface area contributed by atoms with Crippen LogP contribution in [0.25, 0.3) is 22.4 Å². The number of nitrogens with zero attached hydrogens (tertiary/aromatic N) is 2. The number of aromatic amines is 1. The van der Waals surface area contributed by atoms with Crippen molar-refractivity contribution in [1.29, 1.82) is 0 Å². The molecule has 0 radical (unpaired) electrons. The maximum absolute atomic E-state index is 13.3. The topological polar surface area (TPSA) is 78.2 Å². The Morgan fingerprint density at radius 3 is 2.81 bits per heavy atom. The lowest BCUT2D eigenvalue weighted by atomic mass is 10.1. The fourth-order valence-electron chi connectivity index (χ4n) is 3.28. The molecular weight excluding hydrogens is 508 g/mol. The van der Waals surface area contributed by atoms with Gasteiger partial charge in [-0.25, -0.2) is 14.4 Å². The zero-order chi connectivity index (χ0) is 20.8. The van der Waals surface area contributed by atoms with Crippen molar-refractivity contribution in [1.82, 2.24) is 20.6 Å². The number of rotatable bonds is 7. The van der Waals surface area contributed by atoms with Crippen LogP contribution in [0.5, 0.6) is 0 Å². The number of halogens is 2. The minimum absolute atomic E-state index is 0. The molecule has 3 N–H and O–H groups in total. The molecule has 162 valence electrons. The highest BCUT2D eigenvalue weighted by Gasteiger charge is 2.07. The molecule has 8 heteroatoms. The van der Waals surface area contributed by atoms with E-state index in [9.17, 15) is 4.39 Å². The molecule has 0 spiro atoms. The normalized spacial score (nSPS) is 11.4. The van der Waals surface area contributed by atoms with Crippen LogP contribution in [0.2, 0.25) is 0 Å². The van der Waals surface area contributed by atoms with E-state index in [1.54, 1.807) is 6.26 Å². The monoisotopic (exact) mass is 533 g/mol. The molecule has 0 fully saturated rings. The fourth-order valence-corrected chi connectivity index (χ4v) is 3.28. The molecule has 2 heterocycles. The van der Waals surface area contributed by atoms with Gasteiger partial charge >= 0.3 is 0 Å². The van der Waals surface area contributed by atoms with Crippen molar-refractivity contribution in [3.63, 3.8) is 0 Å². The average molecular weight is 533 g/mol. The lowest BCUT2D eigenvalue weighted by Gasteiger charge is -2.10. The van der Waals surface area contributed by atoms with Crippen LogP contribution in [0.1, 0.15) is 18.2 Å². The number of nitrogens with one attached hydrogen (secondary N) is 3. The van der Waals surface area contributed by atoms with E-state index >= 15 is 0 Å². The van der Waals surface area contributed by atoms with Gasteiger partial charge in [0.25, 0.3) is 0 Å². The molecular formula is C23H25FIN5O. The summed E-state index contributed by atoms with van der Waals surface area (Å²) < 4.78 is 18.9. The lowest BCUT2D eigenvalue weighted by molar-refractivity contribution is 0.572. The van der Waals surface area contributed by atoms with Crippen molar-refractivity contribution in [2.45, 2.75) is 19.9 Å². The maximum atomic E-state index is 13.3. The van der Waals surface area contributed by atoms with E-state index in [2.05, 4.69) is 25.6 Å². The van der Waals surface area contributed by atoms with Gasteiger partial charge in [0.15, 0.2) is 5.96 Å². The first-order valence-electron chi connectivity index (χ1n) is 10.0. The summed E-state index contributed by atoms with van der Waals surface area (Å²) in [6.07, 6.45) is 4.36. The van der Waals surface area contributed by atoms with E-state index < -0.39 is 0 Å². The largest absolute Gasteiger partial charge is 0.444 e. The van der Waals surface area contributed by atoms with E-state index in [1.807, 2.05) is 49.5 Å². The van der Waals surface area contributed by atoms with Gasteiger partial charge in [-0.2, -0.15) is 0 Å². The van der Waals surface area contributed by atoms with Crippen LogP contribution in [-0.4, -0.2) is 29.0 Å². The van der Waals surface area contributed by atoms with Gasteiger partial charge in [-0.3, -0.25) is 0 Å². The van der Waals surface area contributed by atoms with Gasteiger partial charge < -0.3 is 20.0 Å². The molecule has 0 amide bonds. The number of oxazole rings is 1. The third-order valence-electron chi connectivity index (χ3n) is 4.73. The molecule has 0 saturated heterocycles. The Hall–Kier alpha value is -2.88. The SMILES string of the molecule is CCNC(=NCc1coc(-c2ccccc2)n1)NCCc1c[nH]c2cc(F)ccc12.I. The molecule has 0 atom stereocenters. The summed E-state index contributed by atoms with van der Waals surface area (Å²) >= 11 is 0. The van der Waals surface area contributed by atoms with Crippen molar-refractivity contribution < 1.29 is 8.81 Å². The molecule has 0 bridgehead atoms. The Morgan fingerprint density at radius 2 is 2.00 bits per heavy atom.